The number of hydrogen-bond acceptors (Lipinski definition) is 23. The third kappa shape index (κ3) is 23.7. The first-order valence-corrected chi connectivity index (χ1v) is 49.4. The molecule has 13 aromatic carbocycles. The van der Waals surface area contributed by atoms with Gasteiger partial charge in [-0.1, -0.05) is 255 Å². The molecule has 0 fully saturated rings. The molecular formula is C117H92N18O9S2. The standard InChI is InChI=1S/C25H19N3O2.C20H17N3O.C19H15N3O2.C19H15N3OS.C17H13N3O2.C17H13N3OS/c29-25-19-13-7-8-14-20(19)26-21(27-25)15-16-22-28-23(17-9-3-1-4-10-17)24(30-22)18-11-5-2-6-12-18;24-20-16-8-4-5-9-18(16)22-19(23-20)13-11-15-10-12-17(21-15)14-6-2-1-3-7-14;23-19-14-8-4-5-9-15(14)21-17(22-19)10-11-18-20-12-16(24-18)13-6-2-1-3-7-13;23-19-14-8-4-5-9-15(14)20-17(22-19)10-11-18-21-16(12-24-18)13-6-2-1-3-7-13;2*21-17-11-5-1-2-6-12(11)18-15(20-17)9-10-16-19-13-7-3-4-8-14(13)22-16/h1-14H,15-16H2,(H,26,27,29);1-9,12H,10-11,13H2,(H,22,23,24);1-9,12H,10-11H2,(H,21,22,23);1-9,12H,10-11H2,(H,20,22,23);2*1-8H,9-10H2,(H,18,20,21). The van der Waals surface area contributed by atoms with Gasteiger partial charge in [0.15, 0.2) is 34.8 Å². The Hall–Kier alpha value is -18.5. The Morgan fingerprint density at radius 2 is 0.616 bits per heavy atom. The molecule has 716 valence electrons. The minimum absolute atomic E-state index is 0.0768. The molecule has 0 radical (unpaired) electrons. The molecule has 6 N–H and O–H groups in total. The van der Waals surface area contributed by atoms with Crippen LogP contribution in [0.25, 0.3) is 138 Å². The summed E-state index contributed by atoms with van der Waals surface area (Å²) in [5.74, 6) is 7.42. The highest BCUT2D eigenvalue weighted by atomic mass is 32.1. The Balaban J connectivity index is 0.000000107. The van der Waals surface area contributed by atoms with Crippen LogP contribution in [-0.2, 0) is 70.6 Å². The minimum Gasteiger partial charge on any atom is -0.441 e. The van der Waals surface area contributed by atoms with Crippen molar-refractivity contribution in [2.75, 3.05) is 0 Å². The van der Waals surface area contributed by atoms with Crippen LogP contribution in [0.1, 0.15) is 81.0 Å². The topological polar surface area (TPSA) is 391 Å². The summed E-state index contributed by atoms with van der Waals surface area (Å²) in [7, 11) is 0. The van der Waals surface area contributed by atoms with E-state index in [4.69, 9.17) is 23.2 Å². The number of allylic oxidation sites excluding steroid dienone is 1. The number of rotatable bonds is 23. The second-order valence-corrected chi connectivity index (χ2v) is 36.2. The van der Waals surface area contributed by atoms with Gasteiger partial charge in [-0.15, -0.1) is 22.7 Å². The molecule has 146 heavy (non-hydrogen) atoms. The SMILES string of the molecule is O=c1[nH]c(CCC2=NC(c3ccccc3)=CC2)nc2ccccc12.O=c1[nH]c(CCc2nc(-c3ccccc3)c(-c3ccccc3)o2)nc2ccccc12.O=c1[nH]c(CCc2nc(-c3ccccc3)cs2)nc2ccccc12.O=c1[nH]c(CCc2nc3ccccc3o2)nc2ccccc12.O=c1[nH]c(CCc2nc3ccccc3s2)nc2ccccc12.O=c1[nH]c(CCc2ncc(-c3ccccc3)o2)nc2ccccc12. The van der Waals surface area contributed by atoms with Gasteiger partial charge in [0, 0.05) is 110 Å². The number of H-pyrrole nitrogens is 6. The number of nitrogens with one attached hydrogen (secondary N) is 6. The van der Waals surface area contributed by atoms with Crippen LogP contribution in [0.2, 0.25) is 0 Å². The second kappa shape index (κ2) is 45.4. The van der Waals surface area contributed by atoms with E-state index in [1.54, 1.807) is 65.3 Å². The molecule has 0 bridgehead atoms. The number of aryl methyl sites for hydroxylation is 11. The van der Waals surface area contributed by atoms with Crippen LogP contribution in [0.5, 0.6) is 0 Å². The molecule has 0 saturated carbocycles. The molecule has 29 heteroatoms. The molecule has 0 saturated heterocycles. The van der Waals surface area contributed by atoms with Crippen molar-refractivity contribution in [2.24, 2.45) is 4.99 Å². The average molecular weight is 1960 g/mol. The van der Waals surface area contributed by atoms with Crippen LogP contribution < -0.4 is 33.4 Å². The number of oxazole rings is 3. The van der Waals surface area contributed by atoms with Crippen molar-refractivity contribution in [3.05, 3.63) is 494 Å². The fourth-order valence-electron chi connectivity index (χ4n) is 16.8. The van der Waals surface area contributed by atoms with Gasteiger partial charge < -0.3 is 43.2 Å². The number of nitrogens with zero attached hydrogens (tertiary/aromatic N) is 12. The summed E-state index contributed by atoms with van der Waals surface area (Å²) in [6, 6.07) is 110. The normalized spacial score (nSPS) is 11.6. The first-order valence-electron chi connectivity index (χ1n) is 47.7. The Morgan fingerprint density at radius 3 is 1.05 bits per heavy atom. The van der Waals surface area contributed by atoms with E-state index in [1.165, 1.54) is 4.70 Å². The molecule has 0 spiro atoms. The second-order valence-electron chi connectivity index (χ2n) is 34.2. The van der Waals surface area contributed by atoms with Crippen molar-refractivity contribution >= 4 is 121 Å². The summed E-state index contributed by atoms with van der Waals surface area (Å²) in [6.45, 7) is 0. The summed E-state index contributed by atoms with van der Waals surface area (Å²) in [6.07, 6.45) is 12.5. The number of aliphatic imine (C=N–C) groups is 1. The fourth-order valence-corrected chi connectivity index (χ4v) is 18.5. The molecule has 25 rings (SSSR count). The summed E-state index contributed by atoms with van der Waals surface area (Å²) in [4.78, 5) is 144. The van der Waals surface area contributed by atoms with Crippen LogP contribution in [-0.4, -0.2) is 90.4 Å². The van der Waals surface area contributed by atoms with Gasteiger partial charge in [-0.2, -0.15) is 0 Å². The number of hydrogen-bond donors (Lipinski definition) is 6. The molecule has 11 aromatic heterocycles. The molecular weight excluding hydrogens is 1870 g/mol. The fraction of sp³-hybridized carbons (Fsp3) is 0.111. The van der Waals surface area contributed by atoms with Crippen molar-refractivity contribution in [3.63, 3.8) is 0 Å². The lowest BCUT2D eigenvalue weighted by Crippen LogP contribution is -2.12. The summed E-state index contributed by atoms with van der Waals surface area (Å²) in [5, 5.41) is 7.87. The van der Waals surface area contributed by atoms with Crippen molar-refractivity contribution in [2.45, 2.75) is 83.5 Å². The third-order valence-electron chi connectivity index (χ3n) is 24.0. The van der Waals surface area contributed by atoms with Crippen LogP contribution >= 0.6 is 22.7 Å². The van der Waals surface area contributed by atoms with E-state index in [-0.39, 0.29) is 33.4 Å². The summed E-state index contributed by atoms with van der Waals surface area (Å²) < 4.78 is 18.8. The number of para-hydroxylation sites is 9. The maximum absolute atomic E-state index is 12.3. The first-order chi connectivity index (χ1) is 71.7. The maximum atomic E-state index is 12.3. The molecule has 0 amide bonds. The zero-order chi connectivity index (χ0) is 99.3. The van der Waals surface area contributed by atoms with Crippen LogP contribution in [0.15, 0.2) is 410 Å². The zero-order valence-electron chi connectivity index (χ0n) is 78.7. The Bertz CT molecular complexity index is 8730. The number of fused-ring (bicyclic) bond motifs is 8. The molecule has 12 heterocycles. The van der Waals surface area contributed by atoms with Crippen LogP contribution in [0, 0.1) is 0 Å². The molecule has 0 aliphatic carbocycles. The Kier molecular flexibility index (Phi) is 29.6. The monoisotopic (exact) mass is 1960 g/mol. The highest BCUT2D eigenvalue weighted by molar-refractivity contribution is 7.18. The van der Waals surface area contributed by atoms with E-state index in [0.717, 1.165) is 137 Å². The van der Waals surface area contributed by atoms with Gasteiger partial charge in [0.05, 0.1) is 103 Å². The van der Waals surface area contributed by atoms with Gasteiger partial charge in [0.25, 0.3) is 33.4 Å². The van der Waals surface area contributed by atoms with E-state index < -0.39 is 0 Å². The molecule has 24 aromatic rings. The molecule has 1 aliphatic rings. The van der Waals surface area contributed by atoms with E-state index in [2.05, 4.69) is 122 Å². The zero-order valence-corrected chi connectivity index (χ0v) is 80.3. The van der Waals surface area contributed by atoms with Crippen molar-refractivity contribution in [1.82, 2.24) is 84.7 Å². The van der Waals surface area contributed by atoms with Crippen molar-refractivity contribution in [1.29, 1.82) is 0 Å². The summed E-state index contributed by atoms with van der Waals surface area (Å²) in [5.41, 5.74) is 15.6. The lowest BCUT2D eigenvalue weighted by atomic mass is 10.1. The molecule has 0 unspecified atom stereocenters. The lowest BCUT2D eigenvalue weighted by Gasteiger charge is -2.03. The lowest BCUT2D eigenvalue weighted by molar-refractivity contribution is 0.502. The molecule has 1 aliphatic heterocycles. The van der Waals surface area contributed by atoms with Gasteiger partial charge in [0.2, 0.25) is 0 Å². The van der Waals surface area contributed by atoms with E-state index in [1.807, 2.05) is 279 Å². The Morgan fingerprint density at radius 1 is 0.267 bits per heavy atom. The largest absolute Gasteiger partial charge is 0.441 e. The average Bonchev–Trinajstić information content (AvgIpc) is 1.62. The number of aromatic nitrogens is 17. The van der Waals surface area contributed by atoms with Crippen LogP contribution in [0.3, 0.4) is 0 Å². The van der Waals surface area contributed by atoms with Gasteiger partial charge >= 0.3 is 0 Å². The van der Waals surface area contributed by atoms with Gasteiger partial charge in [-0.05, 0) is 109 Å². The third-order valence-corrected chi connectivity index (χ3v) is 26.0. The van der Waals surface area contributed by atoms with Crippen LogP contribution in [0.4, 0.5) is 0 Å². The van der Waals surface area contributed by atoms with Crippen molar-refractivity contribution < 1.29 is 13.3 Å². The highest BCUT2D eigenvalue weighted by Crippen LogP contribution is 2.34. The first kappa shape index (κ1) is 95.1. The van der Waals surface area contributed by atoms with E-state index in [9.17, 15) is 28.8 Å². The maximum Gasteiger partial charge on any atom is 0.258 e. The van der Waals surface area contributed by atoms with Gasteiger partial charge in [-0.3, -0.25) is 33.8 Å². The molecule has 27 nitrogen and oxygen atoms in total. The predicted octanol–water partition coefficient (Wildman–Crippen LogP) is 22.1. The predicted molar refractivity (Wildman–Crippen MR) is 577 cm³/mol. The quantitative estimate of drug-likeness (QED) is 0.0346. The minimum atomic E-state index is -0.127. The number of thiazole rings is 2. The van der Waals surface area contributed by atoms with Gasteiger partial charge in [-0.25, -0.2) is 54.8 Å². The van der Waals surface area contributed by atoms with Gasteiger partial charge in [0.1, 0.15) is 46.2 Å². The number of aromatic amines is 6. The van der Waals surface area contributed by atoms with E-state index in [0.29, 0.717) is 153 Å². The van der Waals surface area contributed by atoms with Crippen molar-refractivity contribution in [3.8, 4) is 45.2 Å². The smallest absolute Gasteiger partial charge is 0.258 e. The highest BCUT2D eigenvalue weighted by Gasteiger charge is 2.21. The summed E-state index contributed by atoms with van der Waals surface area (Å²) >= 11 is 3.33. The van der Waals surface area contributed by atoms with E-state index >= 15 is 0 Å². The Labute approximate surface area is 840 Å². The molecule has 0 atom stereocenters. The number of benzene rings is 13.